The molecule has 0 N–H and O–H groups in total. The van der Waals surface area contributed by atoms with Crippen molar-refractivity contribution in [2.75, 3.05) is 6.54 Å². The first kappa shape index (κ1) is 32.9. The van der Waals surface area contributed by atoms with Crippen molar-refractivity contribution in [1.29, 1.82) is 0 Å². The number of rotatable bonds is 11. The molecule has 3 aromatic carbocycles. The molecule has 0 aromatic heterocycles. The molecule has 0 saturated heterocycles. The minimum atomic E-state index is 0.792. The molecule has 0 saturated carbocycles. The van der Waals surface area contributed by atoms with E-state index in [0.29, 0.717) is 0 Å². The number of benzene rings is 3. The Morgan fingerprint density at radius 3 is 1.73 bits per heavy atom. The molecule has 3 rings (SSSR count). The van der Waals surface area contributed by atoms with Gasteiger partial charge < -0.3 is 0 Å². The van der Waals surface area contributed by atoms with Crippen molar-refractivity contribution in [1.82, 2.24) is 4.90 Å². The minimum absolute atomic E-state index is 0.792. The molecular weight excluding hydrogens is 470 g/mol. The maximum Gasteiger partial charge on any atom is 0.0406 e. The van der Waals surface area contributed by atoms with E-state index in [-0.39, 0.29) is 0 Å². The van der Waals surface area contributed by atoms with Crippen LogP contribution in [0.1, 0.15) is 97.3 Å². The van der Waals surface area contributed by atoms with Crippen LogP contribution in [0.15, 0.2) is 72.8 Å². The zero-order valence-corrected chi connectivity index (χ0v) is 25.5. The fourth-order valence-corrected chi connectivity index (χ4v) is 3.95. The van der Waals surface area contributed by atoms with Gasteiger partial charge in [0.2, 0.25) is 0 Å². The predicted molar refractivity (Wildman–Crippen MR) is 167 cm³/mol. The van der Waals surface area contributed by atoms with Crippen molar-refractivity contribution in [2.24, 2.45) is 5.92 Å². The number of hydrogen-bond acceptors (Lipinski definition) is 1. The fraction of sp³-hybridized carbons (Fsp3) is 0.486. The van der Waals surface area contributed by atoms with Crippen LogP contribution in [0.5, 0.6) is 0 Å². The van der Waals surface area contributed by atoms with Crippen molar-refractivity contribution in [3.63, 3.8) is 0 Å². The van der Waals surface area contributed by atoms with Crippen LogP contribution in [0.2, 0.25) is 5.02 Å². The topological polar surface area (TPSA) is 3.24 Å². The first-order valence-electron chi connectivity index (χ1n) is 14.5. The van der Waals surface area contributed by atoms with E-state index in [1.165, 1.54) is 59.9 Å². The Kier molecular flexibility index (Phi) is 17.8. The lowest BCUT2D eigenvalue weighted by atomic mass is 9.96. The average Bonchev–Trinajstić information content (AvgIpc) is 2.93. The van der Waals surface area contributed by atoms with Crippen LogP contribution in [0.4, 0.5) is 0 Å². The first-order valence-corrected chi connectivity index (χ1v) is 14.9. The highest BCUT2D eigenvalue weighted by molar-refractivity contribution is 6.30. The second-order valence-corrected chi connectivity index (χ2v) is 10.6. The molecule has 3 aromatic rings. The minimum Gasteiger partial charge on any atom is -0.295 e. The summed E-state index contributed by atoms with van der Waals surface area (Å²) in [4.78, 5) is 2.46. The zero-order valence-electron chi connectivity index (χ0n) is 24.7. The Labute approximate surface area is 234 Å². The monoisotopic (exact) mass is 521 g/mol. The average molecular weight is 522 g/mol. The van der Waals surface area contributed by atoms with Crippen molar-refractivity contribution in [3.8, 4) is 11.1 Å². The first-order chi connectivity index (χ1) is 17.9. The lowest BCUT2D eigenvalue weighted by Crippen LogP contribution is -2.22. The molecule has 0 aliphatic rings. The molecule has 0 amide bonds. The summed E-state index contributed by atoms with van der Waals surface area (Å²) in [5.74, 6) is 0.884. The van der Waals surface area contributed by atoms with Gasteiger partial charge in [-0.25, -0.2) is 0 Å². The van der Waals surface area contributed by atoms with Gasteiger partial charge in [0.25, 0.3) is 0 Å². The van der Waals surface area contributed by atoms with Crippen LogP contribution < -0.4 is 0 Å². The van der Waals surface area contributed by atoms with E-state index >= 15 is 0 Å². The van der Waals surface area contributed by atoms with Crippen molar-refractivity contribution < 1.29 is 0 Å². The maximum atomic E-state index is 6.00. The van der Waals surface area contributed by atoms with E-state index in [9.17, 15) is 0 Å². The van der Waals surface area contributed by atoms with E-state index < -0.39 is 0 Å². The number of aryl methyl sites for hydroxylation is 1. The van der Waals surface area contributed by atoms with E-state index in [4.69, 9.17) is 11.6 Å². The molecular formula is C35H52ClN. The van der Waals surface area contributed by atoms with Gasteiger partial charge in [0.05, 0.1) is 0 Å². The molecule has 0 heterocycles. The normalized spacial score (nSPS) is 10.5. The molecule has 0 fully saturated rings. The summed E-state index contributed by atoms with van der Waals surface area (Å²) in [6, 6.07) is 25.7. The van der Waals surface area contributed by atoms with Crippen LogP contribution in [0.25, 0.3) is 11.1 Å². The molecule has 0 bridgehead atoms. The highest BCUT2D eigenvalue weighted by Gasteiger charge is 2.09. The largest absolute Gasteiger partial charge is 0.295 e. The third-order valence-corrected chi connectivity index (χ3v) is 6.83. The number of nitrogens with zero attached hydrogens (tertiary/aromatic N) is 1. The van der Waals surface area contributed by atoms with E-state index in [0.717, 1.165) is 37.0 Å². The third-order valence-electron chi connectivity index (χ3n) is 6.58. The summed E-state index contributed by atoms with van der Waals surface area (Å²) in [5, 5.41) is 0.792. The summed E-state index contributed by atoms with van der Waals surface area (Å²) in [6.45, 7) is 18.5. The van der Waals surface area contributed by atoms with Crippen LogP contribution in [0.3, 0.4) is 0 Å². The lowest BCUT2D eigenvalue weighted by Gasteiger charge is -2.21. The SMILES string of the molecule is CCC(C)C.CCCCCC.CCc1cc(CN(CC)Cc2ccc(Cl)cc2)ccc1-c1ccccc1. The van der Waals surface area contributed by atoms with Gasteiger partial charge in [0.15, 0.2) is 0 Å². The van der Waals surface area contributed by atoms with E-state index in [2.05, 4.69) is 114 Å². The van der Waals surface area contributed by atoms with Crippen LogP contribution in [-0.2, 0) is 19.5 Å². The van der Waals surface area contributed by atoms with E-state index in [1.54, 1.807) is 0 Å². The van der Waals surface area contributed by atoms with Crippen molar-refractivity contribution in [3.05, 3.63) is 94.5 Å². The molecule has 0 unspecified atom stereocenters. The van der Waals surface area contributed by atoms with Crippen molar-refractivity contribution >= 4 is 11.6 Å². The summed E-state index contributed by atoms with van der Waals surface area (Å²) >= 11 is 6.00. The Balaban J connectivity index is 0.000000524. The Morgan fingerprint density at radius 1 is 0.703 bits per heavy atom. The summed E-state index contributed by atoms with van der Waals surface area (Å²) < 4.78 is 0. The Bertz CT molecular complexity index is 943. The molecule has 0 aliphatic heterocycles. The Morgan fingerprint density at radius 2 is 1.24 bits per heavy atom. The molecule has 204 valence electrons. The predicted octanol–water partition coefficient (Wildman–Crippen LogP) is 11.2. The van der Waals surface area contributed by atoms with Crippen LogP contribution in [0, 0.1) is 5.92 Å². The molecule has 0 atom stereocenters. The summed E-state index contributed by atoms with van der Waals surface area (Å²) in [6.07, 6.45) is 7.88. The second-order valence-electron chi connectivity index (χ2n) is 10.2. The van der Waals surface area contributed by atoms with Gasteiger partial charge in [0, 0.05) is 18.1 Å². The summed E-state index contributed by atoms with van der Waals surface area (Å²) in [5.41, 5.74) is 6.73. The van der Waals surface area contributed by atoms with Gasteiger partial charge in [-0.2, -0.15) is 0 Å². The van der Waals surface area contributed by atoms with Gasteiger partial charge in [-0.1, -0.05) is 153 Å². The highest BCUT2D eigenvalue weighted by Crippen LogP contribution is 2.26. The highest BCUT2D eigenvalue weighted by atomic mass is 35.5. The van der Waals surface area contributed by atoms with Gasteiger partial charge in [-0.05, 0) is 58.8 Å². The van der Waals surface area contributed by atoms with Crippen LogP contribution in [-0.4, -0.2) is 11.4 Å². The van der Waals surface area contributed by atoms with Gasteiger partial charge in [-0.15, -0.1) is 0 Å². The molecule has 0 spiro atoms. The van der Waals surface area contributed by atoms with Gasteiger partial charge >= 0.3 is 0 Å². The third kappa shape index (κ3) is 13.9. The number of halogens is 1. The van der Waals surface area contributed by atoms with Crippen molar-refractivity contribution in [2.45, 2.75) is 100 Å². The second kappa shape index (κ2) is 19.9. The standard InChI is InChI=1S/C24H26ClN.C6H14.C5H12/c1-3-21-16-20(12-15-24(21)22-8-6-5-7-9-22)18-26(4-2)17-19-10-13-23(25)14-11-19;1-3-5-6-4-2;1-4-5(2)3/h5-16H,3-4,17-18H2,1-2H3;3-6H2,1-2H3;5H,4H2,1-3H3. The molecule has 1 nitrogen and oxygen atoms in total. The molecule has 0 aliphatic carbocycles. The quantitative estimate of drug-likeness (QED) is 0.227. The van der Waals surface area contributed by atoms with Crippen LogP contribution >= 0.6 is 11.6 Å². The lowest BCUT2D eigenvalue weighted by molar-refractivity contribution is 0.271. The zero-order chi connectivity index (χ0) is 27.5. The van der Waals surface area contributed by atoms with Gasteiger partial charge in [0.1, 0.15) is 0 Å². The number of unbranched alkanes of at least 4 members (excludes halogenated alkanes) is 3. The Hall–Kier alpha value is -2.09. The summed E-state index contributed by atoms with van der Waals surface area (Å²) in [7, 11) is 0. The molecule has 37 heavy (non-hydrogen) atoms. The molecule has 0 radical (unpaired) electrons. The maximum absolute atomic E-state index is 6.00. The fourth-order valence-electron chi connectivity index (χ4n) is 3.82. The number of hydrogen-bond donors (Lipinski definition) is 0. The molecule has 2 heteroatoms. The van der Waals surface area contributed by atoms with Gasteiger partial charge in [-0.3, -0.25) is 4.90 Å². The van der Waals surface area contributed by atoms with E-state index in [1.807, 2.05) is 12.1 Å². The smallest absolute Gasteiger partial charge is 0.0406 e.